The topological polar surface area (TPSA) is 84.7 Å². The molecular formula is C21H18FN3O4. The largest absolute Gasteiger partial charge is 0.495 e. The molecule has 8 heteroatoms. The van der Waals surface area contributed by atoms with Gasteiger partial charge in [-0.3, -0.25) is 9.59 Å². The number of carbonyl (C=O) groups excluding carboxylic acids is 2. The number of hydrogen-bond acceptors (Lipinski definition) is 5. The van der Waals surface area contributed by atoms with Crippen LogP contribution >= 0.6 is 0 Å². The molecule has 1 aliphatic rings. The second-order valence-electron chi connectivity index (χ2n) is 6.55. The van der Waals surface area contributed by atoms with Crippen LogP contribution in [0.25, 0.3) is 11.3 Å². The summed E-state index contributed by atoms with van der Waals surface area (Å²) in [5.74, 6) is -0.267. The molecule has 0 aliphatic carbocycles. The summed E-state index contributed by atoms with van der Waals surface area (Å²) in [4.78, 5) is 26.3. The van der Waals surface area contributed by atoms with Crippen molar-refractivity contribution in [2.75, 3.05) is 23.9 Å². The Kier molecular flexibility index (Phi) is 4.99. The van der Waals surface area contributed by atoms with E-state index in [4.69, 9.17) is 9.26 Å². The Hall–Kier alpha value is -3.68. The van der Waals surface area contributed by atoms with Gasteiger partial charge in [-0.05, 0) is 36.8 Å². The van der Waals surface area contributed by atoms with Gasteiger partial charge in [0.25, 0.3) is 5.91 Å². The highest BCUT2D eigenvalue weighted by molar-refractivity contribution is 6.04. The summed E-state index contributed by atoms with van der Waals surface area (Å²) < 4.78 is 24.4. The average molecular weight is 395 g/mol. The highest BCUT2D eigenvalue weighted by atomic mass is 19.1. The lowest BCUT2D eigenvalue weighted by Crippen LogP contribution is -2.24. The van der Waals surface area contributed by atoms with Crippen LogP contribution in [0.4, 0.5) is 15.8 Å². The minimum absolute atomic E-state index is 0.0119. The van der Waals surface area contributed by atoms with Crippen LogP contribution in [0.1, 0.15) is 23.3 Å². The summed E-state index contributed by atoms with van der Waals surface area (Å²) in [6.45, 7) is 0.599. The van der Waals surface area contributed by atoms with E-state index in [0.717, 1.165) is 6.42 Å². The van der Waals surface area contributed by atoms with Crippen LogP contribution < -0.4 is 15.0 Å². The Morgan fingerprint density at radius 1 is 1.24 bits per heavy atom. The maximum absolute atomic E-state index is 13.9. The molecule has 1 aromatic heterocycles. The van der Waals surface area contributed by atoms with Crippen LogP contribution in [0, 0.1) is 5.82 Å². The normalized spacial score (nSPS) is 13.6. The molecule has 0 spiro atoms. The van der Waals surface area contributed by atoms with Gasteiger partial charge in [-0.25, -0.2) is 4.39 Å². The van der Waals surface area contributed by atoms with Crippen LogP contribution in [0.5, 0.6) is 5.75 Å². The molecule has 1 saturated heterocycles. The number of methoxy groups -OCH3 is 1. The lowest BCUT2D eigenvalue weighted by molar-refractivity contribution is -0.117. The number of carbonyl (C=O) groups is 2. The van der Waals surface area contributed by atoms with Crippen molar-refractivity contribution in [3.8, 4) is 17.1 Å². The third-order valence-corrected chi connectivity index (χ3v) is 4.68. The van der Waals surface area contributed by atoms with Crippen molar-refractivity contribution in [1.82, 2.24) is 5.16 Å². The van der Waals surface area contributed by atoms with Crippen LogP contribution in [0.2, 0.25) is 0 Å². The molecule has 2 heterocycles. The minimum atomic E-state index is -0.514. The van der Waals surface area contributed by atoms with Crippen molar-refractivity contribution < 1.29 is 23.2 Å². The van der Waals surface area contributed by atoms with E-state index in [0.29, 0.717) is 30.1 Å². The molecule has 0 unspecified atom stereocenters. The monoisotopic (exact) mass is 395 g/mol. The fraction of sp³-hybridized carbons (Fsp3) is 0.190. The lowest BCUT2D eigenvalue weighted by Gasteiger charge is -2.20. The Morgan fingerprint density at radius 3 is 2.79 bits per heavy atom. The summed E-state index contributed by atoms with van der Waals surface area (Å²) in [6.07, 6.45) is 1.26. The first kappa shape index (κ1) is 18.7. The average Bonchev–Trinajstić information content (AvgIpc) is 3.37. The van der Waals surface area contributed by atoms with Crippen molar-refractivity contribution in [2.45, 2.75) is 12.8 Å². The smallest absolute Gasteiger partial charge is 0.277 e. The molecule has 0 bridgehead atoms. The molecule has 148 valence electrons. The van der Waals surface area contributed by atoms with Crippen molar-refractivity contribution in [3.63, 3.8) is 0 Å². The van der Waals surface area contributed by atoms with E-state index in [2.05, 4.69) is 10.5 Å². The van der Waals surface area contributed by atoms with Gasteiger partial charge in [0.1, 0.15) is 11.6 Å². The molecule has 29 heavy (non-hydrogen) atoms. The number of nitrogens with one attached hydrogen (secondary N) is 1. The summed E-state index contributed by atoms with van der Waals surface area (Å²) in [7, 11) is 1.53. The van der Waals surface area contributed by atoms with E-state index in [1.807, 2.05) is 0 Å². The summed E-state index contributed by atoms with van der Waals surface area (Å²) in [6, 6.07) is 12.5. The van der Waals surface area contributed by atoms with Gasteiger partial charge in [0.15, 0.2) is 11.5 Å². The van der Waals surface area contributed by atoms with Crippen molar-refractivity contribution in [3.05, 3.63) is 60.0 Å². The van der Waals surface area contributed by atoms with Crippen LogP contribution in [0.3, 0.4) is 0 Å². The standard InChI is InChI=1S/C21H18FN3O4/c1-28-18-9-8-13(11-17(18)25-10-4-7-20(25)26)23-21(27)16-12-19(29-24-16)14-5-2-3-6-15(14)22/h2-3,5-6,8-9,11-12H,4,7,10H2,1H3,(H,23,27). The molecule has 0 radical (unpaired) electrons. The van der Waals surface area contributed by atoms with E-state index in [-0.39, 0.29) is 22.9 Å². The Bertz CT molecular complexity index is 1080. The van der Waals surface area contributed by atoms with Crippen molar-refractivity contribution >= 4 is 23.2 Å². The van der Waals surface area contributed by atoms with Gasteiger partial charge < -0.3 is 19.5 Å². The summed E-state index contributed by atoms with van der Waals surface area (Å²) in [5, 5.41) is 6.45. The fourth-order valence-corrected chi connectivity index (χ4v) is 3.25. The number of ether oxygens (including phenoxy) is 1. The molecule has 4 rings (SSSR count). The van der Waals surface area contributed by atoms with Gasteiger partial charge in [0, 0.05) is 24.7 Å². The number of anilines is 2. The third-order valence-electron chi connectivity index (χ3n) is 4.68. The lowest BCUT2D eigenvalue weighted by atomic mass is 10.1. The fourth-order valence-electron chi connectivity index (χ4n) is 3.25. The zero-order chi connectivity index (χ0) is 20.4. The third kappa shape index (κ3) is 3.69. The van der Waals surface area contributed by atoms with Gasteiger partial charge >= 0.3 is 0 Å². The minimum Gasteiger partial charge on any atom is -0.495 e. The Balaban J connectivity index is 1.56. The van der Waals surface area contributed by atoms with E-state index in [9.17, 15) is 14.0 Å². The summed E-state index contributed by atoms with van der Waals surface area (Å²) in [5.41, 5.74) is 1.30. The van der Waals surface area contributed by atoms with Crippen LogP contribution in [-0.2, 0) is 4.79 Å². The number of aromatic nitrogens is 1. The molecule has 1 N–H and O–H groups in total. The molecule has 2 aromatic carbocycles. The van der Waals surface area contributed by atoms with Crippen LogP contribution in [0.15, 0.2) is 53.1 Å². The number of halogens is 1. The van der Waals surface area contributed by atoms with Gasteiger partial charge in [-0.2, -0.15) is 0 Å². The highest BCUT2D eigenvalue weighted by Crippen LogP contribution is 2.34. The molecule has 2 amide bonds. The number of nitrogens with zero attached hydrogens (tertiary/aromatic N) is 2. The summed E-state index contributed by atoms with van der Waals surface area (Å²) >= 11 is 0. The Morgan fingerprint density at radius 2 is 2.07 bits per heavy atom. The van der Waals surface area contributed by atoms with E-state index < -0.39 is 11.7 Å². The molecular weight excluding hydrogens is 377 g/mol. The van der Waals surface area contributed by atoms with Gasteiger partial charge in [-0.1, -0.05) is 17.3 Å². The molecule has 0 saturated carbocycles. The number of amides is 2. The van der Waals surface area contributed by atoms with Gasteiger partial charge in [-0.15, -0.1) is 0 Å². The first-order valence-electron chi connectivity index (χ1n) is 9.08. The zero-order valence-electron chi connectivity index (χ0n) is 15.6. The quantitative estimate of drug-likeness (QED) is 0.709. The molecule has 0 atom stereocenters. The van der Waals surface area contributed by atoms with Crippen LogP contribution in [-0.4, -0.2) is 30.6 Å². The van der Waals surface area contributed by atoms with Crippen molar-refractivity contribution in [1.29, 1.82) is 0 Å². The Labute approximate surface area is 166 Å². The zero-order valence-corrected chi connectivity index (χ0v) is 15.6. The highest BCUT2D eigenvalue weighted by Gasteiger charge is 2.25. The molecule has 3 aromatic rings. The second-order valence-corrected chi connectivity index (χ2v) is 6.55. The number of benzene rings is 2. The van der Waals surface area contributed by atoms with E-state index >= 15 is 0 Å². The predicted molar refractivity (Wildman–Crippen MR) is 104 cm³/mol. The van der Waals surface area contributed by atoms with Crippen molar-refractivity contribution in [2.24, 2.45) is 0 Å². The number of rotatable bonds is 5. The van der Waals surface area contributed by atoms with Gasteiger partial charge in [0.05, 0.1) is 18.4 Å². The first-order valence-corrected chi connectivity index (χ1v) is 9.08. The predicted octanol–water partition coefficient (Wildman–Crippen LogP) is 3.87. The number of hydrogen-bond donors (Lipinski definition) is 1. The SMILES string of the molecule is COc1ccc(NC(=O)c2cc(-c3ccccc3F)on2)cc1N1CCCC1=O. The van der Waals surface area contributed by atoms with Gasteiger partial charge in [0.2, 0.25) is 5.91 Å². The van der Waals surface area contributed by atoms with E-state index in [1.54, 1.807) is 41.3 Å². The maximum Gasteiger partial charge on any atom is 0.277 e. The molecule has 7 nitrogen and oxygen atoms in total. The molecule has 1 aliphatic heterocycles. The van der Waals surface area contributed by atoms with E-state index in [1.165, 1.54) is 19.2 Å². The second kappa shape index (κ2) is 7.75. The first-order chi connectivity index (χ1) is 14.1. The molecule has 1 fully saturated rings. The maximum atomic E-state index is 13.9.